The van der Waals surface area contributed by atoms with Gasteiger partial charge < -0.3 is 14.6 Å². The van der Waals surface area contributed by atoms with Gasteiger partial charge in [0.2, 0.25) is 0 Å². The SMILES string of the molecule is Cc1cc([C@H](c2ccc(Cl)cc2Cl)N2CCN(C)CC2)c(NC(=O)c2ccco2)s1. The van der Waals surface area contributed by atoms with Gasteiger partial charge in [0.15, 0.2) is 5.76 Å². The van der Waals surface area contributed by atoms with Crippen LogP contribution in [0.15, 0.2) is 47.1 Å². The summed E-state index contributed by atoms with van der Waals surface area (Å²) in [6, 6.07) is 11.0. The van der Waals surface area contributed by atoms with Crippen molar-refractivity contribution in [2.24, 2.45) is 0 Å². The first kappa shape index (κ1) is 21.4. The largest absolute Gasteiger partial charge is 0.459 e. The number of thiophene rings is 1. The lowest BCUT2D eigenvalue weighted by molar-refractivity contribution is 0.0996. The number of nitrogens with zero attached hydrogens (tertiary/aromatic N) is 2. The van der Waals surface area contributed by atoms with Gasteiger partial charge in [0.25, 0.3) is 5.91 Å². The Morgan fingerprint density at radius 1 is 1.13 bits per heavy atom. The summed E-state index contributed by atoms with van der Waals surface area (Å²) in [5.74, 6) is 0.0232. The third-order valence-electron chi connectivity index (χ3n) is 5.31. The summed E-state index contributed by atoms with van der Waals surface area (Å²) in [7, 11) is 2.13. The Morgan fingerprint density at radius 3 is 2.57 bits per heavy atom. The molecule has 1 aliphatic heterocycles. The minimum Gasteiger partial charge on any atom is -0.459 e. The van der Waals surface area contributed by atoms with Crippen LogP contribution in [0, 0.1) is 6.92 Å². The molecule has 0 radical (unpaired) electrons. The Hall–Kier alpha value is -1.83. The number of halogens is 2. The van der Waals surface area contributed by atoms with E-state index in [1.165, 1.54) is 6.26 Å². The molecule has 2 aromatic heterocycles. The Bertz CT molecular complexity index is 1030. The van der Waals surface area contributed by atoms with Crippen molar-refractivity contribution in [3.63, 3.8) is 0 Å². The normalized spacial score (nSPS) is 16.5. The maximum Gasteiger partial charge on any atom is 0.291 e. The molecule has 3 aromatic rings. The van der Waals surface area contributed by atoms with E-state index in [0.29, 0.717) is 10.0 Å². The second kappa shape index (κ2) is 9.12. The van der Waals surface area contributed by atoms with Crippen LogP contribution < -0.4 is 5.32 Å². The van der Waals surface area contributed by atoms with Crippen molar-refractivity contribution in [1.82, 2.24) is 9.80 Å². The molecule has 0 unspecified atom stereocenters. The molecule has 1 atom stereocenters. The molecule has 1 N–H and O–H groups in total. The van der Waals surface area contributed by atoms with Crippen LogP contribution in [0.1, 0.15) is 32.6 Å². The fourth-order valence-electron chi connectivity index (χ4n) is 3.77. The van der Waals surface area contributed by atoms with E-state index in [2.05, 4.69) is 28.2 Å². The van der Waals surface area contributed by atoms with Crippen molar-refractivity contribution in [2.45, 2.75) is 13.0 Å². The molecule has 30 heavy (non-hydrogen) atoms. The van der Waals surface area contributed by atoms with Crippen LogP contribution in [-0.2, 0) is 0 Å². The van der Waals surface area contributed by atoms with Gasteiger partial charge in [-0.3, -0.25) is 9.69 Å². The van der Waals surface area contributed by atoms with E-state index in [1.54, 1.807) is 29.5 Å². The second-order valence-corrected chi connectivity index (χ2v) is 9.58. The Balaban J connectivity index is 1.74. The number of anilines is 1. The average Bonchev–Trinajstić information content (AvgIpc) is 3.35. The molecule has 0 saturated carbocycles. The molecule has 0 aliphatic carbocycles. The standard InChI is InChI=1S/C22H23Cl2N3O2S/c1-14-12-17(22(30-14)25-21(28)19-4-3-11-29-19)20(27-9-7-26(2)8-10-27)16-6-5-15(23)13-18(16)24/h3-6,11-13,20H,7-10H2,1-2H3,(H,25,28)/t20-/m0/s1. The number of carbonyl (C=O) groups excluding carboxylic acids is 1. The Labute approximate surface area is 190 Å². The van der Waals surface area contributed by atoms with E-state index in [-0.39, 0.29) is 17.7 Å². The third-order valence-corrected chi connectivity index (χ3v) is 6.85. The predicted molar refractivity (Wildman–Crippen MR) is 123 cm³/mol. The predicted octanol–water partition coefficient (Wildman–Crippen LogP) is 5.55. The van der Waals surface area contributed by atoms with E-state index < -0.39 is 0 Å². The molecular formula is C22H23Cl2N3O2S. The zero-order chi connectivity index (χ0) is 21.3. The number of hydrogen-bond acceptors (Lipinski definition) is 5. The number of aryl methyl sites for hydroxylation is 1. The first-order valence-electron chi connectivity index (χ1n) is 9.75. The van der Waals surface area contributed by atoms with Gasteiger partial charge in [-0.1, -0.05) is 29.3 Å². The molecule has 158 valence electrons. The van der Waals surface area contributed by atoms with Crippen LogP contribution in [0.4, 0.5) is 5.00 Å². The highest BCUT2D eigenvalue weighted by molar-refractivity contribution is 7.16. The molecule has 1 aromatic carbocycles. The van der Waals surface area contributed by atoms with Gasteiger partial charge in [-0.05, 0) is 49.9 Å². The van der Waals surface area contributed by atoms with E-state index >= 15 is 0 Å². The maximum atomic E-state index is 12.7. The molecule has 1 saturated heterocycles. The van der Waals surface area contributed by atoms with E-state index in [4.69, 9.17) is 27.6 Å². The summed E-state index contributed by atoms with van der Waals surface area (Å²) in [6.45, 7) is 5.79. The Morgan fingerprint density at radius 2 is 1.90 bits per heavy atom. The fourth-order valence-corrected chi connectivity index (χ4v) is 5.22. The summed E-state index contributed by atoms with van der Waals surface area (Å²) < 4.78 is 5.26. The molecule has 3 heterocycles. The highest BCUT2D eigenvalue weighted by Crippen LogP contribution is 2.42. The van der Waals surface area contributed by atoms with E-state index in [1.807, 2.05) is 19.1 Å². The van der Waals surface area contributed by atoms with Crippen molar-refractivity contribution in [3.8, 4) is 0 Å². The fraction of sp³-hybridized carbons (Fsp3) is 0.318. The third kappa shape index (κ3) is 4.58. The molecule has 5 nitrogen and oxygen atoms in total. The smallest absolute Gasteiger partial charge is 0.291 e. The van der Waals surface area contributed by atoms with Crippen LogP contribution >= 0.6 is 34.5 Å². The molecular weight excluding hydrogens is 441 g/mol. The van der Waals surface area contributed by atoms with E-state index in [0.717, 1.165) is 47.2 Å². The minimum atomic E-state index is -0.262. The number of amides is 1. The topological polar surface area (TPSA) is 48.7 Å². The van der Waals surface area contributed by atoms with Gasteiger partial charge in [0.1, 0.15) is 5.00 Å². The van der Waals surface area contributed by atoms with Gasteiger partial charge in [0, 0.05) is 46.7 Å². The molecule has 8 heteroatoms. The average molecular weight is 464 g/mol. The van der Waals surface area contributed by atoms with Crippen molar-refractivity contribution in [1.29, 1.82) is 0 Å². The lowest BCUT2D eigenvalue weighted by Gasteiger charge is -2.38. The minimum absolute atomic E-state index is 0.0830. The first-order chi connectivity index (χ1) is 14.4. The lowest BCUT2D eigenvalue weighted by Crippen LogP contribution is -2.46. The summed E-state index contributed by atoms with van der Waals surface area (Å²) in [5.41, 5.74) is 2.02. The van der Waals surface area contributed by atoms with Gasteiger partial charge in [-0.2, -0.15) is 0 Å². The van der Waals surface area contributed by atoms with E-state index in [9.17, 15) is 4.79 Å². The number of piperazine rings is 1. The summed E-state index contributed by atoms with van der Waals surface area (Å²) >= 11 is 14.4. The molecule has 1 aliphatic rings. The number of rotatable bonds is 5. The highest BCUT2D eigenvalue weighted by Gasteiger charge is 2.30. The molecule has 0 bridgehead atoms. The number of likely N-dealkylation sites (N-methyl/N-ethyl adjacent to an activating group) is 1. The van der Waals surface area contributed by atoms with Gasteiger partial charge >= 0.3 is 0 Å². The van der Waals surface area contributed by atoms with Crippen LogP contribution in [0.2, 0.25) is 10.0 Å². The number of benzene rings is 1. The summed E-state index contributed by atoms with van der Waals surface area (Å²) in [6.07, 6.45) is 1.50. The molecule has 1 amide bonds. The zero-order valence-electron chi connectivity index (χ0n) is 16.8. The van der Waals surface area contributed by atoms with Crippen molar-refractivity contribution in [2.75, 3.05) is 38.5 Å². The van der Waals surface area contributed by atoms with Crippen LogP contribution in [0.5, 0.6) is 0 Å². The Kier molecular flexibility index (Phi) is 6.51. The number of hydrogen-bond donors (Lipinski definition) is 1. The van der Waals surface area contributed by atoms with Gasteiger partial charge in [0.05, 0.1) is 12.3 Å². The quantitative estimate of drug-likeness (QED) is 0.538. The van der Waals surface area contributed by atoms with Crippen LogP contribution in [0.25, 0.3) is 0 Å². The number of nitrogens with one attached hydrogen (secondary N) is 1. The first-order valence-corrected chi connectivity index (χ1v) is 11.3. The second-order valence-electron chi connectivity index (χ2n) is 7.48. The number of carbonyl (C=O) groups is 1. The monoisotopic (exact) mass is 463 g/mol. The van der Waals surface area contributed by atoms with Crippen molar-refractivity contribution < 1.29 is 9.21 Å². The van der Waals surface area contributed by atoms with Crippen molar-refractivity contribution in [3.05, 3.63) is 74.5 Å². The highest BCUT2D eigenvalue weighted by atomic mass is 35.5. The lowest BCUT2D eigenvalue weighted by atomic mass is 9.97. The van der Waals surface area contributed by atoms with Gasteiger partial charge in [-0.15, -0.1) is 11.3 Å². The molecule has 1 fully saturated rings. The van der Waals surface area contributed by atoms with Crippen LogP contribution in [0.3, 0.4) is 0 Å². The van der Waals surface area contributed by atoms with Crippen molar-refractivity contribution >= 4 is 45.4 Å². The van der Waals surface area contributed by atoms with Gasteiger partial charge in [-0.25, -0.2) is 0 Å². The number of furan rings is 1. The summed E-state index contributed by atoms with van der Waals surface area (Å²) in [5, 5.41) is 5.08. The molecule has 4 rings (SSSR count). The maximum absolute atomic E-state index is 12.7. The zero-order valence-corrected chi connectivity index (χ0v) is 19.2. The molecule has 0 spiro atoms. The summed E-state index contributed by atoms with van der Waals surface area (Å²) in [4.78, 5) is 18.5. The van der Waals surface area contributed by atoms with Crippen LogP contribution in [-0.4, -0.2) is 48.9 Å².